The van der Waals surface area contributed by atoms with Crippen molar-refractivity contribution in [3.8, 4) is 0 Å². The average molecular weight is 414 g/mol. The zero-order valence-electron chi connectivity index (χ0n) is 16.0. The van der Waals surface area contributed by atoms with Crippen LogP contribution in [-0.4, -0.2) is 46.2 Å². The van der Waals surface area contributed by atoms with Gasteiger partial charge in [0.05, 0.1) is 22.7 Å². The number of aromatic nitrogens is 3. The highest BCUT2D eigenvalue weighted by atomic mass is 32.2. The normalized spacial score (nSPS) is 20.2. The Bertz CT molecular complexity index is 1070. The van der Waals surface area contributed by atoms with Gasteiger partial charge in [-0.15, -0.1) is 0 Å². The van der Waals surface area contributed by atoms with Crippen LogP contribution in [0.15, 0.2) is 58.1 Å². The minimum absolute atomic E-state index is 0.111. The predicted octanol–water partition coefficient (Wildman–Crippen LogP) is 2.05. The molecule has 0 radical (unpaired) electrons. The smallest absolute Gasteiger partial charge is 0.244 e. The number of hydrogen-bond donors (Lipinski definition) is 1. The van der Waals surface area contributed by atoms with Crippen LogP contribution in [0.25, 0.3) is 0 Å². The van der Waals surface area contributed by atoms with Crippen molar-refractivity contribution in [2.45, 2.75) is 42.7 Å². The first-order valence-electron chi connectivity index (χ1n) is 9.34. The quantitative estimate of drug-likeness (QED) is 0.653. The van der Waals surface area contributed by atoms with Crippen LogP contribution in [0.2, 0.25) is 0 Å². The van der Waals surface area contributed by atoms with Crippen molar-refractivity contribution in [2.24, 2.45) is 0 Å². The number of aliphatic hydroxyl groups is 1. The molecular weight excluding hydrogens is 392 g/mol. The number of nitrogens with zero attached hydrogens (tertiary/aromatic N) is 4. The summed E-state index contributed by atoms with van der Waals surface area (Å²) in [4.78, 5) is 10.9. The molecule has 0 unspecified atom stereocenters. The summed E-state index contributed by atoms with van der Waals surface area (Å²) in [7, 11) is -3.57. The maximum Gasteiger partial charge on any atom is 0.244 e. The molecule has 3 heterocycles. The molecule has 1 N–H and O–H groups in total. The van der Waals surface area contributed by atoms with E-state index in [1.807, 2.05) is 30.0 Å². The Labute approximate surface area is 169 Å². The molecule has 1 aliphatic heterocycles. The summed E-state index contributed by atoms with van der Waals surface area (Å²) in [6.07, 6.45) is 1.65. The van der Waals surface area contributed by atoms with Gasteiger partial charge in [-0.1, -0.05) is 28.9 Å². The summed E-state index contributed by atoms with van der Waals surface area (Å²) in [5.74, 6) is 0.0843. The molecule has 0 amide bonds. The summed E-state index contributed by atoms with van der Waals surface area (Å²) < 4.78 is 30.6. The summed E-state index contributed by atoms with van der Waals surface area (Å²) >= 11 is 0. The molecule has 8 nitrogen and oxygen atoms in total. The van der Waals surface area contributed by atoms with Gasteiger partial charge in [-0.2, -0.15) is 4.98 Å². The topological polar surface area (TPSA) is 109 Å². The molecule has 3 aromatic rings. The maximum atomic E-state index is 12.6. The monoisotopic (exact) mass is 414 g/mol. The SMILES string of the molecule is Cc1ccc(S(=O)(=O)Cc2noc([C@@H]3C[C@@H](O)CN3Cc3ccccn3)n2)cc1. The minimum Gasteiger partial charge on any atom is -0.392 e. The van der Waals surface area contributed by atoms with Gasteiger partial charge in [-0.25, -0.2) is 8.42 Å². The van der Waals surface area contributed by atoms with E-state index in [0.717, 1.165) is 11.3 Å². The number of aliphatic hydroxyl groups excluding tert-OH is 1. The van der Waals surface area contributed by atoms with Gasteiger partial charge in [0.2, 0.25) is 5.89 Å². The van der Waals surface area contributed by atoms with Gasteiger partial charge in [0.1, 0.15) is 5.75 Å². The zero-order chi connectivity index (χ0) is 20.4. The first kappa shape index (κ1) is 19.7. The van der Waals surface area contributed by atoms with E-state index < -0.39 is 15.9 Å². The fraction of sp³-hybridized carbons (Fsp3) is 0.350. The molecule has 1 aromatic carbocycles. The first-order chi connectivity index (χ1) is 13.9. The van der Waals surface area contributed by atoms with Crippen molar-refractivity contribution < 1.29 is 18.0 Å². The molecule has 9 heteroatoms. The van der Waals surface area contributed by atoms with Gasteiger partial charge in [0, 0.05) is 19.3 Å². The summed E-state index contributed by atoms with van der Waals surface area (Å²) in [5, 5.41) is 14.0. The molecule has 0 aliphatic carbocycles. The van der Waals surface area contributed by atoms with Crippen molar-refractivity contribution in [2.75, 3.05) is 6.54 Å². The highest BCUT2D eigenvalue weighted by Gasteiger charge is 2.36. The standard InChI is InChI=1S/C20H22N4O4S/c1-14-5-7-17(8-6-14)29(26,27)13-19-22-20(28-23-19)18-10-16(25)12-24(18)11-15-4-2-3-9-21-15/h2-9,16,18,25H,10-13H2,1H3/t16-,18+/m1/s1. The van der Waals surface area contributed by atoms with Gasteiger partial charge < -0.3 is 9.63 Å². The predicted molar refractivity (Wildman–Crippen MR) is 104 cm³/mol. The number of pyridine rings is 1. The number of β-amino-alcohol motifs (C(OH)–C–C–N with tert-alkyl or cyclic N) is 1. The third-order valence-electron chi connectivity index (χ3n) is 4.94. The van der Waals surface area contributed by atoms with Gasteiger partial charge in [-0.05, 0) is 37.6 Å². The third kappa shape index (κ3) is 4.52. The Morgan fingerprint density at radius 3 is 2.72 bits per heavy atom. The van der Waals surface area contributed by atoms with Crippen LogP contribution in [0, 0.1) is 6.92 Å². The molecule has 29 heavy (non-hydrogen) atoms. The van der Waals surface area contributed by atoms with E-state index in [1.165, 1.54) is 0 Å². The highest BCUT2D eigenvalue weighted by Crippen LogP contribution is 2.32. The van der Waals surface area contributed by atoms with Crippen LogP contribution in [0.4, 0.5) is 0 Å². The van der Waals surface area contributed by atoms with Crippen LogP contribution in [0.1, 0.15) is 35.4 Å². The molecule has 1 saturated heterocycles. The molecule has 0 spiro atoms. The molecule has 0 bridgehead atoms. The van der Waals surface area contributed by atoms with Gasteiger partial charge >= 0.3 is 0 Å². The summed E-state index contributed by atoms with van der Waals surface area (Å²) in [6, 6.07) is 12.0. The molecule has 1 fully saturated rings. The first-order valence-corrected chi connectivity index (χ1v) is 11.0. The second-order valence-corrected chi connectivity index (χ2v) is 9.27. The van der Waals surface area contributed by atoms with Crippen LogP contribution < -0.4 is 0 Å². The molecule has 152 valence electrons. The molecule has 2 atom stereocenters. The molecule has 0 saturated carbocycles. The molecular formula is C20H22N4O4S. The van der Waals surface area contributed by atoms with E-state index in [4.69, 9.17) is 4.52 Å². The minimum atomic E-state index is -3.57. The lowest BCUT2D eigenvalue weighted by Crippen LogP contribution is -2.25. The molecule has 2 aromatic heterocycles. The van der Waals surface area contributed by atoms with Gasteiger partial charge in [0.15, 0.2) is 15.7 Å². The number of aryl methyl sites for hydroxylation is 1. The van der Waals surface area contributed by atoms with E-state index in [9.17, 15) is 13.5 Å². The number of rotatable bonds is 6. The van der Waals surface area contributed by atoms with Crippen LogP contribution in [-0.2, 0) is 22.1 Å². The van der Waals surface area contributed by atoms with Gasteiger partial charge in [0.25, 0.3) is 0 Å². The fourth-order valence-corrected chi connectivity index (χ4v) is 4.65. The van der Waals surface area contributed by atoms with Crippen LogP contribution in [0.3, 0.4) is 0 Å². The Morgan fingerprint density at radius 1 is 1.21 bits per heavy atom. The lowest BCUT2D eigenvalue weighted by Gasteiger charge is -2.20. The molecule has 4 rings (SSSR count). The maximum absolute atomic E-state index is 12.6. The number of likely N-dealkylation sites (tertiary alicyclic amines) is 1. The lowest BCUT2D eigenvalue weighted by molar-refractivity contribution is 0.168. The van der Waals surface area contributed by atoms with Crippen LogP contribution >= 0.6 is 0 Å². The van der Waals surface area contributed by atoms with E-state index in [2.05, 4.69) is 15.1 Å². The van der Waals surface area contributed by atoms with Crippen molar-refractivity contribution >= 4 is 9.84 Å². The zero-order valence-corrected chi connectivity index (χ0v) is 16.8. The van der Waals surface area contributed by atoms with E-state index in [-0.39, 0.29) is 22.5 Å². The average Bonchev–Trinajstić information content (AvgIpc) is 3.28. The van der Waals surface area contributed by atoms with E-state index in [1.54, 1.807) is 30.5 Å². The largest absolute Gasteiger partial charge is 0.392 e. The van der Waals surface area contributed by atoms with E-state index in [0.29, 0.717) is 25.4 Å². The Morgan fingerprint density at radius 2 is 2.00 bits per heavy atom. The number of benzene rings is 1. The fourth-order valence-electron chi connectivity index (χ4n) is 3.47. The Balaban J connectivity index is 1.51. The lowest BCUT2D eigenvalue weighted by atomic mass is 10.2. The second kappa shape index (κ2) is 8.02. The highest BCUT2D eigenvalue weighted by molar-refractivity contribution is 7.90. The third-order valence-corrected chi connectivity index (χ3v) is 6.57. The summed E-state index contributed by atoms with van der Waals surface area (Å²) in [5.41, 5.74) is 1.85. The Kier molecular flexibility index (Phi) is 5.44. The number of hydrogen-bond acceptors (Lipinski definition) is 8. The van der Waals surface area contributed by atoms with Crippen molar-refractivity contribution in [1.82, 2.24) is 20.0 Å². The second-order valence-electron chi connectivity index (χ2n) is 7.28. The Hall–Kier alpha value is -2.62. The van der Waals surface area contributed by atoms with Gasteiger partial charge in [-0.3, -0.25) is 9.88 Å². The van der Waals surface area contributed by atoms with Crippen molar-refractivity contribution in [3.05, 3.63) is 71.6 Å². The summed E-state index contributed by atoms with van der Waals surface area (Å²) in [6.45, 7) is 2.89. The van der Waals surface area contributed by atoms with Crippen molar-refractivity contribution in [1.29, 1.82) is 0 Å². The van der Waals surface area contributed by atoms with Crippen LogP contribution in [0.5, 0.6) is 0 Å². The molecule has 1 aliphatic rings. The van der Waals surface area contributed by atoms with E-state index >= 15 is 0 Å². The number of sulfone groups is 1. The van der Waals surface area contributed by atoms with Crippen molar-refractivity contribution in [3.63, 3.8) is 0 Å².